The molecule has 1 aliphatic rings. The zero-order valence-electron chi connectivity index (χ0n) is 16.2. The van der Waals surface area contributed by atoms with Crippen molar-refractivity contribution in [1.82, 2.24) is 19.8 Å². The van der Waals surface area contributed by atoms with Crippen LogP contribution in [0.5, 0.6) is 0 Å². The molecule has 1 aromatic heterocycles. The number of hydrogen-bond donors (Lipinski definition) is 1. The van der Waals surface area contributed by atoms with Crippen molar-refractivity contribution in [3.63, 3.8) is 0 Å². The lowest BCUT2D eigenvalue weighted by Crippen LogP contribution is -2.44. The van der Waals surface area contributed by atoms with Gasteiger partial charge in [-0.2, -0.15) is 0 Å². The lowest BCUT2D eigenvalue weighted by molar-refractivity contribution is -0.125. The highest BCUT2D eigenvalue weighted by molar-refractivity contribution is 5.81. The van der Waals surface area contributed by atoms with Gasteiger partial charge in [-0.15, -0.1) is 0 Å². The van der Waals surface area contributed by atoms with Crippen molar-refractivity contribution >= 4 is 22.9 Å². The molecule has 3 rings (SSSR count). The predicted molar refractivity (Wildman–Crippen MR) is 107 cm³/mol. The number of amides is 1. The third-order valence-electron chi connectivity index (χ3n) is 5.11. The average molecular weight is 358 g/mol. The van der Waals surface area contributed by atoms with E-state index in [4.69, 9.17) is 4.98 Å². The first-order valence-corrected chi connectivity index (χ1v) is 9.72. The fourth-order valence-electron chi connectivity index (χ4n) is 3.74. The summed E-state index contributed by atoms with van der Waals surface area (Å²) < 4.78 is 2.26. The Morgan fingerprint density at radius 3 is 2.92 bits per heavy atom. The van der Waals surface area contributed by atoms with Gasteiger partial charge in [0.2, 0.25) is 11.9 Å². The number of piperidine rings is 1. The second kappa shape index (κ2) is 8.54. The maximum Gasteiger partial charge on any atom is 0.224 e. The van der Waals surface area contributed by atoms with Crippen molar-refractivity contribution in [1.29, 1.82) is 0 Å². The van der Waals surface area contributed by atoms with E-state index in [0.29, 0.717) is 0 Å². The van der Waals surface area contributed by atoms with Crippen LogP contribution in [0.15, 0.2) is 24.3 Å². The Kier molecular flexibility index (Phi) is 6.14. The fraction of sp³-hybridized carbons (Fsp3) is 0.600. The van der Waals surface area contributed by atoms with E-state index in [9.17, 15) is 4.79 Å². The van der Waals surface area contributed by atoms with Gasteiger partial charge in [0.25, 0.3) is 0 Å². The molecule has 6 nitrogen and oxygen atoms in total. The highest BCUT2D eigenvalue weighted by atomic mass is 16.1. The van der Waals surface area contributed by atoms with Crippen LogP contribution in [-0.2, 0) is 11.3 Å². The monoisotopic (exact) mass is 357 g/mol. The van der Waals surface area contributed by atoms with Crippen molar-refractivity contribution in [2.75, 3.05) is 45.2 Å². The molecule has 1 N–H and O–H groups in total. The first-order chi connectivity index (χ1) is 12.6. The first-order valence-electron chi connectivity index (χ1n) is 9.72. The van der Waals surface area contributed by atoms with E-state index in [2.05, 4.69) is 58.9 Å². The number of para-hydroxylation sites is 2. The fourth-order valence-corrected chi connectivity index (χ4v) is 3.74. The van der Waals surface area contributed by atoms with Crippen LogP contribution in [0.25, 0.3) is 11.0 Å². The smallest absolute Gasteiger partial charge is 0.224 e. The van der Waals surface area contributed by atoms with Crippen molar-refractivity contribution in [2.45, 2.75) is 32.7 Å². The lowest BCUT2D eigenvalue weighted by Gasteiger charge is -2.33. The summed E-state index contributed by atoms with van der Waals surface area (Å²) in [5.41, 5.74) is 2.19. The number of benzene rings is 1. The van der Waals surface area contributed by atoms with E-state index < -0.39 is 0 Å². The largest absolute Gasteiger partial charge is 0.356 e. The van der Waals surface area contributed by atoms with Crippen LogP contribution in [0.2, 0.25) is 0 Å². The van der Waals surface area contributed by atoms with Crippen LogP contribution in [0.4, 0.5) is 5.95 Å². The van der Waals surface area contributed by atoms with Crippen molar-refractivity contribution in [2.24, 2.45) is 5.92 Å². The van der Waals surface area contributed by atoms with E-state index in [0.717, 1.165) is 63.5 Å². The van der Waals surface area contributed by atoms with Gasteiger partial charge in [-0.05, 0) is 59.0 Å². The third kappa shape index (κ3) is 4.18. The van der Waals surface area contributed by atoms with E-state index in [1.165, 1.54) is 5.52 Å². The standard InChI is InChI=1S/C20H31N5O/c1-4-25-18-11-6-5-10-17(18)22-20(25)24-14-7-9-16(15-24)19(26)21-12-8-13-23(2)3/h5-6,10-11,16H,4,7-9,12-15H2,1-3H3,(H,21,26). The predicted octanol–water partition coefficient (Wildman–Crippen LogP) is 2.34. The molecule has 1 aliphatic heterocycles. The van der Waals surface area contributed by atoms with Gasteiger partial charge in [-0.1, -0.05) is 12.1 Å². The molecular formula is C20H31N5O. The minimum absolute atomic E-state index is 0.0493. The maximum absolute atomic E-state index is 12.6. The Morgan fingerprint density at radius 1 is 1.35 bits per heavy atom. The van der Waals surface area contributed by atoms with Gasteiger partial charge in [0.15, 0.2) is 0 Å². The van der Waals surface area contributed by atoms with Gasteiger partial charge in [0.05, 0.1) is 17.0 Å². The summed E-state index contributed by atoms with van der Waals surface area (Å²) in [6.07, 6.45) is 2.98. The second-order valence-electron chi connectivity index (χ2n) is 7.38. The van der Waals surface area contributed by atoms with Gasteiger partial charge < -0.3 is 19.7 Å². The van der Waals surface area contributed by atoms with E-state index >= 15 is 0 Å². The van der Waals surface area contributed by atoms with Gasteiger partial charge >= 0.3 is 0 Å². The molecule has 1 atom stereocenters. The second-order valence-corrected chi connectivity index (χ2v) is 7.38. The van der Waals surface area contributed by atoms with Gasteiger partial charge in [-0.25, -0.2) is 4.98 Å². The summed E-state index contributed by atoms with van der Waals surface area (Å²) in [6, 6.07) is 8.26. The number of aromatic nitrogens is 2. The van der Waals surface area contributed by atoms with Crippen LogP contribution < -0.4 is 10.2 Å². The maximum atomic E-state index is 12.6. The minimum Gasteiger partial charge on any atom is -0.356 e. The number of carbonyl (C=O) groups is 1. The van der Waals surface area contributed by atoms with Gasteiger partial charge in [0.1, 0.15) is 0 Å². The number of fused-ring (bicyclic) bond motifs is 1. The Morgan fingerprint density at radius 2 is 2.15 bits per heavy atom. The molecule has 1 fully saturated rings. The molecule has 0 saturated carbocycles. The third-order valence-corrected chi connectivity index (χ3v) is 5.11. The minimum atomic E-state index is 0.0493. The average Bonchev–Trinajstić information content (AvgIpc) is 3.03. The Hall–Kier alpha value is -2.08. The summed E-state index contributed by atoms with van der Waals surface area (Å²) in [4.78, 5) is 21.8. The van der Waals surface area contributed by atoms with Gasteiger partial charge in [-0.3, -0.25) is 4.79 Å². The molecule has 0 radical (unpaired) electrons. The van der Waals surface area contributed by atoms with Crippen LogP contribution in [0.3, 0.4) is 0 Å². The molecule has 26 heavy (non-hydrogen) atoms. The van der Waals surface area contributed by atoms with E-state index in [1.54, 1.807) is 0 Å². The van der Waals surface area contributed by atoms with E-state index in [-0.39, 0.29) is 11.8 Å². The molecule has 0 aliphatic carbocycles. The summed E-state index contributed by atoms with van der Waals surface area (Å²) in [6.45, 7) is 6.50. The molecule has 1 unspecified atom stereocenters. The molecule has 142 valence electrons. The van der Waals surface area contributed by atoms with Gasteiger partial charge in [0, 0.05) is 26.2 Å². The summed E-state index contributed by atoms with van der Waals surface area (Å²) in [5.74, 6) is 1.24. The SMILES string of the molecule is CCn1c(N2CCCC(C(=O)NCCCN(C)C)C2)nc2ccccc21. The number of anilines is 1. The molecule has 0 bridgehead atoms. The number of imidazole rings is 1. The Balaban J connectivity index is 1.66. The zero-order valence-corrected chi connectivity index (χ0v) is 16.2. The molecule has 6 heteroatoms. The normalized spacial score (nSPS) is 17.8. The zero-order chi connectivity index (χ0) is 18.5. The summed E-state index contributed by atoms with van der Waals surface area (Å²) in [7, 11) is 4.11. The van der Waals surface area contributed by atoms with Crippen LogP contribution in [-0.4, -0.2) is 60.6 Å². The molecular weight excluding hydrogens is 326 g/mol. The lowest BCUT2D eigenvalue weighted by atomic mass is 9.97. The highest BCUT2D eigenvalue weighted by Gasteiger charge is 2.28. The van der Waals surface area contributed by atoms with Crippen LogP contribution >= 0.6 is 0 Å². The summed E-state index contributed by atoms with van der Waals surface area (Å²) >= 11 is 0. The van der Waals surface area contributed by atoms with Crippen LogP contribution in [0.1, 0.15) is 26.2 Å². The van der Waals surface area contributed by atoms with E-state index in [1.807, 2.05) is 6.07 Å². The van der Waals surface area contributed by atoms with Crippen molar-refractivity contribution < 1.29 is 4.79 Å². The molecule has 2 aromatic rings. The topological polar surface area (TPSA) is 53.4 Å². The number of carbonyl (C=O) groups excluding carboxylic acids is 1. The Labute approximate surface area is 156 Å². The Bertz CT molecular complexity index is 739. The number of hydrogen-bond acceptors (Lipinski definition) is 4. The molecule has 1 amide bonds. The first kappa shape index (κ1) is 18.7. The molecule has 1 aromatic carbocycles. The van der Waals surface area contributed by atoms with Crippen molar-refractivity contribution in [3.8, 4) is 0 Å². The summed E-state index contributed by atoms with van der Waals surface area (Å²) in [5, 5.41) is 3.12. The molecule has 2 heterocycles. The number of nitrogens with one attached hydrogen (secondary N) is 1. The van der Waals surface area contributed by atoms with Crippen LogP contribution in [0, 0.1) is 5.92 Å². The number of nitrogens with zero attached hydrogens (tertiary/aromatic N) is 4. The molecule has 1 saturated heterocycles. The highest BCUT2D eigenvalue weighted by Crippen LogP contribution is 2.27. The number of aryl methyl sites for hydroxylation is 1. The molecule has 0 spiro atoms. The quantitative estimate of drug-likeness (QED) is 0.773. The van der Waals surface area contributed by atoms with Crippen molar-refractivity contribution in [3.05, 3.63) is 24.3 Å². The number of rotatable bonds is 7.